The van der Waals surface area contributed by atoms with Gasteiger partial charge in [0.15, 0.2) is 5.96 Å². The molecule has 0 spiro atoms. The molecule has 1 heterocycles. The second-order valence-electron chi connectivity index (χ2n) is 6.95. The van der Waals surface area contributed by atoms with Gasteiger partial charge < -0.3 is 15.2 Å². The average Bonchev–Trinajstić information content (AvgIpc) is 2.76. The molecular formula is C24H27FN4O. The Morgan fingerprint density at radius 2 is 1.70 bits per heavy atom. The molecule has 30 heavy (non-hydrogen) atoms. The van der Waals surface area contributed by atoms with Crippen molar-refractivity contribution in [3.63, 3.8) is 0 Å². The summed E-state index contributed by atoms with van der Waals surface area (Å²) in [6.45, 7) is 4.42. The maximum Gasteiger partial charge on any atom is 0.250 e. The van der Waals surface area contributed by atoms with E-state index in [9.17, 15) is 9.18 Å². The van der Waals surface area contributed by atoms with Gasteiger partial charge in [0.1, 0.15) is 5.82 Å². The van der Waals surface area contributed by atoms with E-state index >= 15 is 0 Å². The number of pyridine rings is 1. The lowest BCUT2D eigenvalue weighted by molar-refractivity contribution is 0.606. The first-order valence-electron chi connectivity index (χ1n) is 10.1. The average molecular weight is 407 g/mol. The van der Waals surface area contributed by atoms with Crippen LogP contribution in [0.25, 0.3) is 0 Å². The maximum absolute atomic E-state index is 13.7. The van der Waals surface area contributed by atoms with Crippen LogP contribution in [-0.4, -0.2) is 23.6 Å². The van der Waals surface area contributed by atoms with Crippen molar-refractivity contribution in [3.05, 3.63) is 106 Å². The molecule has 0 aliphatic rings. The Kier molecular flexibility index (Phi) is 7.78. The molecule has 0 saturated heterocycles. The van der Waals surface area contributed by atoms with E-state index in [1.807, 2.05) is 43.3 Å². The van der Waals surface area contributed by atoms with E-state index in [-0.39, 0.29) is 11.4 Å². The number of guanidine groups is 1. The highest BCUT2D eigenvalue weighted by Crippen LogP contribution is 2.08. The lowest BCUT2D eigenvalue weighted by Crippen LogP contribution is -2.38. The van der Waals surface area contributed by atoms with Gasteiger partial charge in [-0.15, -0.1) is 0 Å². The molecule has 3 rings (SSSR count). The van der Waals surface area contributed by atoms with Crippen LogP contribution in [0.15, 0.2) is 82.7 Å². The predicted octanol–water partition coefficient (Wildman–Crippen LogP) is 3.33. The van der Waals surface area contributed by atoms with Crippen molar-refractivity contribution >= 4 is 5.96 Å². The van der Waals surface area contributed by atoms with E-state index in [1.54, 1.807) is 35.0 Å². The summed E-state index contributed by atoms with van der Waals surface area (Å²) in [5, 5.41) is 6.46. The molecule has 0 bridgehead atoms. The molecule has 0 aliphatic heterocycles. The number of nitrogens with one attached hydrogen (secondary N) is 2. The van der Waals surface area contributed by atoms with Gasteiger partial charge in [-0.2, -0.15) is 0 Å². The quantitative estimate of drug-likeness (QED) is 0.446. The van der Waals surface area contributed by atoms with Gasteiger partial charge >= 0.3 is 0 Å². The smallest absolute Gasteiger partial charge is 0.250 e. The van der Waals surface area contributed by atoms with Crippen molar-refractivity contribution in [1.29, 1.82) is 0 Å². The van der Waals surface area contributed by atoms with Crippen molar-refractivity contribution in [2.45, 2.75) is 26.4 Å². The number of hydrogen-bond acceptors (Lipinski definition) is 2. The molecule has 0 fully saturated rings. The zero-order valence-electron chi connectivity index (χ0n) is 17.1. The number of aliphatic imine (C=N–C) groups is 1. The molecule has 1 aromatic heterocycles. The van der Waals surface area contributed by atoms with Crippen LogP contribution in [0.1, 0.15) is 23.6 Å². The lowest BCUT2D eigenvalue weighted by atomic mass is 10.1. The van der Waals surface area contributed by atoms with E-state index in [4.69, 9.17) is 0 Å². The highest BCUT2D eigenvalue weighted by atomic mass is 19.1. The molecule has 0 saturated carbocycles. The molecule has 0 unspecified atom stereocenters. The van der Waals surface area contributed by atoms with Crippen LogP contribution < -0.4 is 16.2 Å². The van der Waals surface area contributed by atoms with E-state index in [0.717, 1.165) is 17.7 Å². The van der Waals surface area contributed by atoms with Gasteiger partial charge in [0.2, 0.25) is 0 Å². The normalized spacial score (nSPS) is 11.3. The van der Waals surface area contributed by atoms with E-state index in [0.29, 0.717) is 37.6 Å². The van der Waals surface area contributed by atoms with Crippen LogP contribution in [0.2, 0.25) is 0 Å². The molecule has 0 atom stereocenters. The minimum absolute atomic E-state index is 0.0112. The summed E-state index contributed by atoms with van der Waals surface area (Å²) in [6, 6.07) is 20.1. The van der Waals surface area contributed by atoms with E-state index in [2.05, 4.69) is 15.6 Å². The number of hydrogen-bond donors (Lipinski definition) is 2. The molecule has 5 nitrogen and oxygen atoms in total. The fourth-order valence-corrected chi connectivity index (χ4v) is 3.07. The minimum atomic E-state index is -0.181. The zero-order chi connectivity index (χ0) is 21.2. The zero-order valence-corrected chi connectivity index (χ0v) is 17.1. The molecule has 6 heteroatoms. The summed E-state index contributed by atoms with van der Waals surface area (Å²) in [5.74, 6) is 0.521. The second kappa shape index (κ2) is 11.0. The number of aromatic nitrogens is 1. The molecular weight excluding hydrogens is 379 g/mol. The third-order valence-corrected chi connectivity index (χ3v) is 4.68. The number of rotatable bonds is 8. The first-order chi connectivity index (χ1) is 14.7. The Morgan fingerprint density at radius 1 is 0.967 bits per heavy atom. The van der Waals surface area contributed by atoms with Crippen molar-refractivity contribution in [2.24, 2.45) is 4.99 Å². The van der Waals surface area contributed by atoms with E-state index < -0.39 is 0 Å². The van der Waals surface area contributed by atoms with Gasteiger partial charge in [-0.25, -0.2) is 9.38 Å². The molecule has 156 valence electrons. The summed E-state index contributed by atoms with van der Waals surface area (Å²) in [5.41, 5.74) is 2.81. The topological polar surface area (TPSA) is 58.4 Å². The highest BCUT2D eigenvalue weighted by Gasteiger charge is 2.03. The number of benzene rings is 2. The summed E-state index contributed by atoms with van der Waals surface area (Å²) < 4.78 is 15.4. The third kappa shape index (κ3) is 6.30. The van der Waals surface area contributed by atoms with Crippen molar-refractivity contribution in [2.75, 3.05) is 13.1 Å². The fourth-order valence-electron chi connectivity index (χ4n) is 3.07. The summed E-state index contributed by atoms with van der Waals surface area (Å²) in [4.78, 5) is 16.4. The summed E-state index contributed by atoms with van der Waals surface area (Å²) >= 11 is 0. The molecule has 3 aromatic rings. The third-order valence-electron chi connectivity index (χ3n) is 4.68. The van der Waals surface area contributed by atoms with Crippen LogP contribution in [0, 0.1) is 5.82 Å². The Labute approximate surface area is 176 Å². The first-order valence-corrected chi connectivity index (χ1v) is 10.1. The van der Waals surface area contributed by atoms with Crippen LogP contribution in [0.4, 0.5) is 4.39 Å². The largest absolute Gasteiger partial charge is 0.357 e. The van der Waals surface area contributed by atoms with Crippen molar-refractivity contribution < 1.29 is 4.39 Å². The van der Waals surface area contributed by atoms with Crippen molar-refractivity contribution in [3.8, 4) is 0 Å². The number of nitrogens with zero attached hydrogens (tertiary/aromatic N) is 2. The first kappa shape index (κ1) is 21.3. The van der Waals surface area contributed by atoms with Crippen LogP contribution in [0.5, 0.6) is 0 Å². The second-order valence-corrected chi connectivity index (χ2v) is 6.95. The molecule has 0 amide bonds. The van der Waals surface area contributed by atoms with Crippen LogP contribution in [-0.2, 0) is 19.5 Å². The van der Waals surface area contributed by atoms with Gasteiger partial charge in [-0.05, 0) is 42.2 Å². The number of halogens is 1. The van der Waals surface area contributed by atoms with Gasteiger partial charge in [0.05, 0.1) is 13.1 Å². The lowest BCUT2D eigenvalue weighted by Gasteiger charge is -2.12. The highest BCUT2D eigenvalue weighted by molar-refractivity contribution is 5.79. The summed E-state index contributed by atoms with van der Waals surface area (Å²) in [6.07, 6.45) is 2.38. The predicted molar refractivity (Wildman–Crippen MR) is 119 cm³/mol. The Morgan fingerprint density at radius 3 is 2.43 bits per heavy atom. The SMILES string of the molecule is CCNC(=NCc1ccc(Cn2ccccc2=O)cc1)NCCc1ccccc1F. The molecule has 0 radical (unpaired) electrons. The Hall–Kier alpha value is -3.41. The van der Waals surface area contributed by atoms with Crippen molar-refractivity contribution in [1.82, 2.24) is 15.2 Å². The summed E-state index contributed by atoms with van der Waals surface area (Å²) in [7, 11) is 0. The van der Waals surface area contributed by atoms with Crippen LogP contribution in [0.3, 0.4) is 0 Å². The Bertz CT molecular complexity index is 1030. The minimum Gasteiger partial charge on any atom is -0.357 e. The fraction of sp³-hybridized carbons (Fsp3) is 0.250. The maximum atomic E-state index is 13.7. The van der Waals surface area contributed by atoms with Gasteiger partial charge in [0, 0.05) is 25.4 Å². The van der Waals surface area contributed by atoms with Gasteiger partial charge in [-0.3, -0.25) is 4.79 Å². The standard InChI is InChI=1S/C24H27FN4O/c1-2-26-24(27-15-14-21-7-3-4-8-22(21)25)28-17-19-10-12-20(13-11-19)18-29-16-6-5-9-23(29)30/h3-13,16H,2,14-15,17-18H2,1H3,(H2,26,27,28). The van der Waals surface area contributed by atoms with Crippen LogP contribution >= 0.6 is 0 Å². The van der Waals surface area contributed by atoms with Gasteiger partial charge in [-0.1, -0.05) is 48.5 Å². The molecule has 2 aromatic carbocycles. The van der Waals surface area contributed by atoms with Gasteiger partial charge in [0.25, 0.3) is 5.56 Å². The molecule has 0 aliphatic carbocycles. The van der Waals surface area contributed by atoms with E-state index in [1.165, 1.54) is 6.07 Å². The Balaban J connectivity index is 1.55. The molecule has 2 N–H and O–H groups in total. The monoisotopic (exact) mass is 406 g/mol.